The normalized spacial score (nSPS) is 22.9. The van der Waals surface area contributed by atoms with E-state index in [-0.39, 0.29) is 5.91 Å². The van der Waals surface area contributed by atoms with Crippen LogP contribution in [0.2, 0.25) is 0 Å². The van der Waals surface area contributed by atoms with E-state index in [1.54, 1.807) is 30.3 Å². The van der Waals surface area contributed by atoms with E-state index in [1.807, 2.05) is 30.3 Å². The Labute approximate surface area is 126 Å². The number of oxime groups is 1. The topological polar surface area (TPSA) is 70.9 Å². The van der Waals surface area contributed by atoms with E-state index < -0.39 is 5.60 Å². The lowest BCUT2D eigenvalue weighted by Crippen LogP contribution is -2.42. The Bertz CT molecular complexity index is 827. The van der Waals surface area contributed by atoms with Gasteiger partial charge in [0.05, 0.1) is 0 Å². The number of carbonyl (C=O) groups excluding carboxylic acids is 1. The molecule has 0 aromatic heterocycles. The van der Waals surface area contributed by atoms with Gasteiger partial charge < -0.3 is 15.3 Å². The first-order valence-electron chi connectivity index (χ1n) is 6.85. The number of amides is 1. The summed E-state index contributed by atoms with van der Waals surface area (Å²) in [4.78, 5) is 12.6. The number of nitrogens with one attached hydrogen (secondary N) is 1. The number of rotatable bonds is 2. The number of fused-ring (bicyclic) bond motifs is 2. The van der Waals surface area contributed by atoms with Crippen LogP contribution in [-0.4, -0.2) is 22.4 Å². The zero-order valence-electron chi connectivity index (χ0n) is 11.5. The highest BCUT2D eigenvalue weighted by atomic mass is 16.5. The maximum atomic E-state index is 12.6. The van der Waals surface area contributed by atoms with E-state index in [2.05, 4.69) is 10.5 Å². The molecule has 1 aliphatic heterocycles. The molecule has 2 N–H and O–H groups in total. The molecule has 5 heteroatoms. The molecule has 2 aliphatic rings. The fourth-order valence-electron chi connectivity index (χ4n) is 2.65. The van der Waals surface area contributed by atoms with Gasteiger partial charge in [-0.2, -0.15) is 0 Å². The third-order valence-corrected chi connectivity index (χ3v) is 3.80. The van der Waals surface area contributed by atoms with Crippen molar-refractivity contribution < 1.29 is 14.7 Å². The molecule has 0 bridgehead atoms. The van der Waals surface area contributed by atoms with Crippen LogP contribution < -0.4 is 10.1 Å². The quantitative estimate of drug-likeness (QED) is 0.660. The van der Waals surface area contributed by atoms with E-state index in [0.29, 0.717) is 28.3 Å². The van der Waals surface area contributed by atoms with Gasteiger partial charge in [0.2, 0.25) is 5.60 Å². The molecule has 5 nitrogen and oxygen atoms in total. The molecule has 0 radical (unpaired) electrons. The van der Waals surface area contributed by atoms with Gasteiger partial charge in [-0.05, 0) is 30.3 Å². The lowest BCUT2D eigenvalue weighted by atomic mass is 9.99. The van der Waals surface area contributed by atoms with Crippen molar-refractivity contribution in [3.05, 3.63) is 71.8 Å². The van der Waals surface area contributed by atoms with Crippen LogP contribution in [-0.2, 0) is 4.79 Å². The second kappa shape index (κ2) is 4.46. The maximum absolute atomic E-state index is 12.6. The van der Waals surface area contributed by atoms with Gasteiger partial charge in [-0.1, -0.05) is 35.5 Å². The number of ether oxygens (including phenoxy) is 1. The van der Waals surface area contributed by atoms with Crippen molar-refractivity contribution in [3.8, 4) is 5.75 Å². The zero-order valence-corrected chi connectivity index (χ0v) is 11.5. The monoisotopic (exact) mass is 292 g/mol. The first-order valence-corrected chi connectivity index (χ1v) is 6.85. The van der Waals surface area contributed by atoms with Gasteiger partial charge in [-0.15, -0.1) is 0 Å². The first-order chi connectivity index (χ1) is 10.7. The third kappa shape index (κ3) is 1.72. The molecule has 22 heavy (non-hydrogen) atoms. The molecule has 2 aromatic carbocycles. The highest BCUT2D eigenvalue weighted by Crippen LogP contribution is 2.48. The largest absolute Gasteiger partial charge is 0.468 e. The van der Waals surface area contributed by atoms with Crippen molar-refractivity contribution in [2.24, 2.45) is 5.16 Å². The lowest BCUT2D eigenvalue weighted by molar-refractivity contribution is -0.123. The third-order valence-electron chi connectivity index (χ3n) is 3.80. The standard InChI is InChI=1S/C17H12N2O3/c20-16(18-11-6-2-1-3-7-11)17-10-13(17)15(19-21)12-8-4-5-9-14(12)22-17/h1-10,21H,(H,18,20)/b19-15+. The summed E-state index contributed by atoms with van der Waals surface area (Å²) in [6.45, 7) is 0. The Balaban J connectivity index is 1.67. The number of nitrogens with zero attached hydrogens (tertiary/aromatic N) is 1. The molecule has 1 heterocycles. The van der Waals surface area contributed by atoms with Crippen molar-refractivity contribution >= 4 is 17.3 Å². The highest BCUT2D eigenvalue weighted by Gasteiger charge is 2.59. The van der Waals surface area contributed by atoms with E-state index in [9.17, 15) is 10.0 Å². The number of para-hydroxylation sites is 2. The summed E-state index contributed by atoms with van der Waals surface area (Å²) < 4.78 is 5.86. The van der Waals surface area contributed by atoms with Crippen LogP contribution in [0.25, 0.3) is 0 Å². The minimum absolute atomic E-state index is 0.302. The van der Waals surface area contributed by atoms with Crippen LogP contribution in [0, 0.1) is 0 Å². The fourth-order valence-corrected chi connectivity index (χ4v) is 2.65. The molecular formula is C17H12N2O3. The molecule has 0 saturated carbocycles. The molecule has 108 valence electrons. The summed E-state index contributed by atoms with van der Waals surface area (Å²) in [6.07, 6.45) is 1.67. The van der Waals surface area contributed by atoms with Crippen LogP contribution in [0.5, 0.6) is 5.75 Å². The Morgan fingerprint density at radius 3 is 2.59 bits per heavy atom. The van der Waals surface area contributed by atoms with Crippen LogP contribution in [0.4, 0.5) is 5.69 Å². The molecule has 0 saturated heterocycles. The summed E-state index contributed by atoms with van der Waals surface area (Å²) in [5.41, 5.74) is 1.15. The van der Waals surface area contributed by atoms with Gasteiger partial charge in [0.25, 0.3) is 5.91 Å². The van der Waals surface area contributed by atoms with E-state index in [0.717, 1.165) is 0 Å². The van der Waals surface area contributed by atoms with Crippen LogP contribution in [0.3, 0.4) is 0 Å². The molecule has 1 aliphatic carbocycles. The number of anilines is 1. The van der Waals surface area contributed by atoms with Gasteiger partial charge in [0.1, 0.15) is 11.5 Å². The zero-order chi connectivity index (χ0) is 15.2. The first kappa shape index (κ1) is 12.6. The van der Waals surface area contributed by atoms with Crippen molar-refractivity contribution in [1.82, 2.24) is 0 Å². The van der Waals surface area contributed by atoms with E-state index in [4.69, 9.17) is 4.74 Å². The maximum Gasteiger partial charge on any atom is 0.277 e. The predicted octanol–water partition coefficient (Wildman–Crippen LogP) is 2.57. The molecule has 2 aromatic rings. The van der Waals surface area contributed by atoms with Crippen molar-refractivity contribution in [2.75, 3.05) is 5.32 Å². The van der Waals surface area contributed by atoms with Crippen molar-refractivity contribution in [2.45, 2.75) is 5.60 Å². The SMILES string of the molecule is O=C(Nc1ccccc1)C12C=C1/C(=N/O)c1ccccc1O2. The number of carbonyl (C=O) groups is 1. The smallest absolute Gasteiger partial charge is 0.277 e. The number of benzene rings is 2. The van der Waals surface area contributed by atoms with Crippen molar-refractivity contribution in [3.63, 3.8) is 0 Å². The highest BCUT2D eigenvalue weighted by molar-refractivity contribution is 6.27. The summed E-state index contributed by atoms with van der Waals surface area (Å²) >= 11 is 0. The fraction of sp³-hybridized carbons (Fsp3) is 0.0588. The molecule has 1 atom stereocenters. The molecular weight excluding hydrogens is 280 g/mol. The van der Waals surface area contributed by atoms with Gasteiger partial charge >= 0.3 is 0 Å². The molecule has 0 fully saturated rings. The summed E-state index contributed by atoms with van der Waals surface area (Å²) in [6, 6.07) is 16.3. The number of hydrogen-bond acceptors (Lipinski definition) is 4. The average Bonchev–Trinajstić information content (AvgIpc) is 3.29. The summed E-state index contributed by atoms with van der Waals surface area (Å²) in [5, 5.41) is 15.4. The minimum Gasteiger partial charge on any atom is -0.468 e. The van der Waals surface area contributed by atoms with E-state index >= 15 is 0 Å². The second-order valence-corrected chi connectivity index (χ2v) is 5.16. The van der Waals surface area contributed by atoms with Gasteiger partial charge in [-0.3, -0.25) is 4.79 Å². The van der Waals surface area contributed by atoms with Crippen LogP contribution >= 0.6 is 0 Å². The van der Waals surface area contributed by atoms with Crippen LogP contribution in [0.1, 0.15) is 5.56 Å². The molecule has 1 amide bonds. The second-order valence-electron chi connectivity index (χ2n) is 5.16. The van der Waals surface area contributed by atoms with Crippen molar-refractivity contribution in [1.29, 1.82) is 0 Å². The molecule has 4 rings (SSSR count). The summed E-state index contributed by atoms with van der Waals surface area (Å²) in [7, 11) is 0. The van der Waals surface area contributed by atoms with Gasteiger partial charge in [0.15, 0.2) is 0 Å². The van der Waals surface area contributed by atoms with Gasteiger partial charge in [0, 0.05) is 16.8 Å². The Morgan fingerprint density at radius 1 is 1.09 bits per heavy atom. The van der Waals surface area contributed by atoms with E-state index in [1.165, 1.54) is 0 Å². The summed E-state index contributed by atoms with van der Waals surface area (Å²) in [5.74, 6) is 0.223. The Kier molecular flexibility index (Phi) is 2.56. The van der Waals surface area contributed by atoms with Crippen LogP contribution in [0.15, 0.2) is 71.4 Å². The lowest BCUT2D eigenvalue weighted by Gasteiger charge is -2.26. The molecule has 1 unspecified atom stereocenters. The Morgan fingerprint density at radius 2 is 1.82 bits per heavy atom. The number of hydrogen-bond donors (Lipinski definition) is 2. The van der Waals surface area contributed by atoms with Gasteiger partial charge in [-0.25, -0.2) is 0 Å². The Hall–Kier alpha value is -3.08. The molecule has 0 spiro atoms. The average molecular weight is 292 g/mol. The predicted molar refractivity (Wildman–Crippen MR) is 81.3 cm³/mol. The minimum atomic E-state index is -1.17.